The molecule has 1 atom stereocenters. The molecule has 1 aliphatic rings. The van der Waals surface area contributed by atoms with E-state index in [0.29, 0.717) is 32.4 Å². The third kappa shape index (κ3) is 5.55. The molecule has 1 aromatic carbocycles. The molecular formula is C21H23BrN2O5. The van der Waals surface area contributed by atoms with Gasteiger partial charge in [0.1, 0.15) is 13.2 Å². The molecule has 154 valence electrons. The maximum atomic E-state index is 12.6. The highest BCUT2D eigenvalue weighted by atomic mass is 79.9. The molecule has 0 aliphatic carbocycles. The van der Waals surface area contributed by atoms with Crippen LogP contribution in [0, 0.1) is 0 Å². The SMILES string of the molecule is O=C(O)COC1(c2ccncc2Br)CCCN(C(=O)OCc2ccccc2)CC1. The smallest absolute Gasteiger partial charge is 0.410 e. The van der Waals surface area contributed by atoms with E-state index < -0.39 is 18.2 Å². The number of likely N-dealkylation sites (tertiary alicyclic amines) is 1. The first-order chi connectivity index (χ1) is 14.0. The van der Waals surface area contributed by atoms with Gasteiger partial charge in [0.05, 0.1) is 5.60 Å². The Kier molecular flexibility index (Phi) is 7.22. The van der Waals surface area contributed by atoms with Crippen LogP contribution in [0.2, 0.25) is 0 Å². The van der Waals surface area contributed by atoms with Crippen molar-refractivity contribution in [1.82, 2.24) is 9.88 Å². The quantitative estimate of drug-likeness (QED) is 0.698. The average Bonchev–Trinajstić information content (AvgIpc) is 2.95. The minimum Gasteiger partial charge on any atom is -0.480 e. The number of ether oxygens (including phenoxy) is 2. The van der Waals surface area contributed by atoms with Crippen LogP contribution in [0.1, 0.15) is 30.4 Å². The van der Waals surface area contributed by atoms with Crippen LogP contribution in [0.3, 0.4) is 0 Å². The molecule has 1 saturated heterocycles. The van der Waals surface area contributed by atoms with E-state index in [2.05, 4.69) is 20.9 Å². The topological polar surface area (TPSA) is 89.0 Å². The van der Waals surface area contributed by atoms with Crippen molar-refractivity contribution in [1.29, 1.82) is 0 Å². The lowest BCUT2D eigenvalue weighted by molar-refractivity contribution is -0.152. The molecule has 1 aliphatic heterocycles. The molecule has 1 unspecified atom stereocenters. The fraction of sp³-hybridized carbons (Fsp3) is 0.381. The molecule has 1 fully saturated rings. The van der Waals surface area contributed by atoms with Gasteiger partial charge >= 0.3 is 12.1 Å². The second-order valence-corrected chi connectivity index (χ2v) is 7.77. The van der Waals surface area contributed by atoms with Crippen LogP contribution >= 0.6 is 15.9 Å². The largest absolute Gasteiger partial charge is 0.480 e. The number of nitrogens with zero attached hydrogens (tertiary/aromatic N) is 2. The number of hydrogen-bond acceptors (Lipinski definition) is 5. The van der Waals surface area contributed by atoms with Crippen molar-refractivity contribution in [3.8, 4) is 0 Å². The van der Waals surface area contributed by atoms with Gasteiger partial charge < -0.3 is 19.5 Å². The van der Waals surface area contributed by atoms with E-state index in [1.807, 2.05) is 36.4 Å². The maximum absolute atomic E-state index is 12.6. The number of amides is 1. The Morgan fingerprint density at radius 3 is 2.69 bits per heavy atom. The first-order valence-corrected chi connectivity index (χ1v) is 10.2. The van der Waals surface area contributed by atoms with Crippen molar-refractivity contribution < 1.29 is 24.2 Å². The van der Waals surface area contributed by atoms with Crippen LogP contribution in [0.15, 0.2) is 53.3 Å². The second kappa shape index (κ2) is 9.84. The lowest BCUT2D eigenvalue weighted by atomic mass is 9.87. The summed E-state index contributed by atoms with van der Waals surface area (Å²) < 4.78 is 12.1. The van der Waals surface area contributed by atoms with E-state index in [0.717, 1.165) is 15.6 Å². The number of aromatic nitrogens is 1. The number of hydrogen-bond donors (Lipinski definition) is 1. The van der Waals surface area contributed by atoms with Crippen molar-refractivity contribution in [2.24, 2.45) is 0 Å². The van der Waals surface area contributed by atoms with Crippen LogP contribution in [-0.2, 0) is 26.5 Å². The summed E-state index contributed by atoms with van der Waals surface area (Å²) >= 11 is 3.50. The van der Waals surface area contributed by atoms with E-state index >= 15 is 0 Å². The van der Waals surface area contributed by atoms with Gasteiger partial charge in [-0.2, -0.15) is 0 Å². The highest BCUT2D eigenvalue weighted by molar-refractivity contribution is 9.10. The van der Waals surface area contributed by atoms with Gasteiger partial charge in [-0.3, -0.25) is 4.98 Å². The fourth-order valence-electron chi connectivity index (χ4n) is 3.54. The van der Waals surface area contributed by atoms with Crippen molar-refractivity contribution in [2.45, 2.75) is 31.5 Å². The van der Waals surface area contributed by atoms with E-state index in [1.165, 1.54) is 0 Å². The van der Waals surface area contributed by atoms with Crippen molar-refractivity contribution in [3.63, 3.8) is 0 Å². The van der Waals surface area contributed by atoms with Crippen molar-refractivity contribution in [2.75, 3.05) is 19.7 Å². The summed E-state index contributed by atoms with van der Waals surface area (Å²) in [6.45, 7) is 0.733. The standard InChI is InChI=1S/C21H23BrN2O5/c22-18-13-23-10-7-17(18)21(29-15-19(25)26)8-4-11-24(12-9-21)20(27)28-14-16-5-2-1-3-6-16/h1-3,5-7,10,13H,4,8-9,11-12,14-15H2,(H,25,26). The lowest BCUT2D eigenvalue weighted by Crippen LogP contribution is -2.36. The normalized spacial score (nSPS) is 19.4. The Morgan fingerprint density at radius 2 is 1.97 bits per heavy atom. The number of carboxylic acids is 1. The zero-order chi connectivity index (χ0) is 20.7. The van der Waals surface area contributed by atoms with Gasteiger partial charge in [-0.05, 0) is 46.8 Å². The lowest BCUT2D eigenvalue weighted by Gasteiger charge is -2.33. The number of carbonyl (C=O) groups excluding carboxylic acids is 1. The fourth-order valence-corrected chi connectivity index (χ4v) is 4.15. The summed E-state index contributed by atoms with van der Waals surface area (Å²) in [6, 6.07) is 11.3. The van der Waals surface area contributed by atoms with Crippen LogP contribution in [-0.4, -0.2) is 46.7 Å². The van der Waals surface area contributed by atoms with Crippen molar-refractivity contribution in [3.05, 3.63) is 64.4 Å². The molecule has 29 heavy (non-hydrogen) atoms. The van der Waals surface area contributed by atoms with E-state index in [9.17, 15) is 9.59 Å². The summed E-state index contributed by atoms with van der Waals surface area (Å²) in [4.78, 5) is 29.4. The Hall–Kier alpha value is -2.45. The highest BCUT2D eigenvalue weighted by Crippen LogP contribution is 2.40. The van der Waals surface area contributed by atoms with Crippen LogP contribution in [0.4, 0.5) is 4.79 Å². The second-order valence-electron chi connectivity index (χ2n) is 6.91. The molecule has 2 heterocycles. The van der Waals surface area contributed by atoms with Gasteiger partial charge in [0, 0.05) is 35.5 Å². The van der Waals surface area contributed by atoms with Gasteiger partial charge in [0.2, 0.25) is 0 Å². The number of carbonyl (C=O) groups is 2. The molecule has 0 radical (unpaired) electrons. The molecule has 7 nitrogen and oxygen atoms in total. The van der Waals surface area contributed by atoms with Crippen LogP contribution in [0.5, 0.6) is 0 Å². The minimum atomic E-state index is -1.03. The number of benzene rings is 1. The van der Waals surface area contributed by atoms with Gasteiger partial charge in [-0.15, -0.1) is 0 Å². The van der Waals surface area contributed by atoms with E-state index in [1.54, 1.807) is 17.3 Å². The molecule has 1 N–H and O–H groups in total. The number of aliphatic carboxylic acids is 1. The summed E-state index contributed by atoms with van der Waals surface area (Å²) in [5.74, 6) is -1.03. The predicted molar refractivity (Wildman–Crippen MR) is 109 cm³/mol. The molecule has 8 heteroatoms. The average molecular weight is 463 g/mol. The van der Waals surface area contributed by atoms with Gasteiger partial charge in [-0.1, -0.05) is 30.3 Å². The first kappa shape index (κ1) is 21.3. The third-order valence-electron chi connectivity index (χ3n) is 4.99. The Morgan fingerprint density at radius 1 is 1.17 bits per heavy atom. The molecular weight excluding hydrogens is 440 g/mol. The summed E-state index contributed by atoms with van der Waals surface area (Å²) in [5.41, 5.74) is 0.956. The molecule has 2 aromatic rings. The van der Waals surface area contributed by atoms with Gasteiger partial charge in [0.25, 0.3) is 0 Å². The zero-order valence-corrected chi connectivity index (χ0v) is 17.5. The third-order valence-corrected chi connectivity index (χ3v) is 5.62. The van der Waals surface area contributed by atoms with Gasteiger partial charge in [-0.25, -0.2) is 9.59 Å². The van der Waals surface area contributed by atoms with Gasteiger partial charge in [0.15, 0.2) is 0 Å². The van der Waals surface area contributed by atoms with Crippen molar-refractivity contribution >= 4 is 28.0 Å². The molecule has 0 spiro atoms. The van der Waals surface area contributed by atoms with Crippen LogP contribution < -0.4 is 0 Å². The molecule has 0 bridgehead atoms. The number of carboxylic acid groups (broad SMARTS) is 1. The Bertz CT molecular complexity index is 848. The number of halogens is 1. The molecule has 1 amide bonds. The Balaban J connectivity index is 1.71. The number of pyridine rings is 1. The Labute approximate surface area is 177 Å². The first-order valence-electron chi connectivity index (χ1n) is 9.41. The highest BCUT2D eigenvalue weighted by Gasteiger charge is 2.38. The number of rotatable bonds is 6. The van der Waals surface area contributed by atoms with E-state index in [-0.39, 0.29) is 12.7 Å². The maximum Gasteiger partial charge on any atom is 0.410 e. The van der Waals surface area contributed by atoms with Crippen LogP contribution in [0.25, 0.3) is 0 Å². The minimum absolute atomic E-state index is 0.215. The summed E-state index contributed by atoms with van der Waals surface area (Å²) in [7, 11) is 0. The zero-order valence-electron chi connectivity index (χ0n) is 15.9. The predicted octanol–water partition coefficient (Wildman–Crippen LogP) is 3.96. The van der Waals surface area contributed by atoms with E-state index in [4.69, 9.17) is 14.6 Å². The molecule has 3 rings (SSSR count). The molecule has 1 aromatic heterocycles. The monoisotopic (exact) mass is 462 g/mol. The summed E-state index contributed by atoms with van der Waals surface area (Å²) in [6.07, 6.45) is 4.65. The summed E-state index contributed by atoms with van der Waals surface area (Å²) in [5, 5.41) is 9.13. The molecule has 0 saturated carbocycles.